The third-order valence-electron chi connectivity index (χ3n) is 1.90. The average Bonchev–Trinajstić information content (AvgIpc) is 2.66. The van der Waals surface area contributed by atoms with Crippen molar-refractivity contribution < 1.29 is 8.91 Å². The summed E-state index contributed by atoms with van der Waals surface area (Å²) < 4.78 is 17.9. The molecule has 0 atom stereocenters. The molecule has 0 aliphatic carbocycles. The highest BCUT2D eigenvalue weighted by Gasteiger charge is 2.11. The molecule has 0 bridgehead atoms. The molecule has 78 valence electrons. The maximum Gasteiger partial charge on any atom is 0.229 e. The largest absolute Gasteiger partial charge is 0.339 e. The van der Waals surface area contributed by atoms with Crippen LogP contribution >= 0.6 is 0 Å². The summed E-state index contributed by atoms with van der Waals surface area (Å²) in [5, 5.41) is 3.76. The van der Waals surface area contributed by atoms with Gasteiger partial charge in [-0.25, -0.2) is 4.39 Å². The van der Waals surface area contributed by atoms with Crippen molar-refractivity contribution in [2.24, 2.45) is 0 Å². The second-order valence-corrected chi connectivity index (χ2v) is 3.50. The molecule has 0 unspecified atom stereocenters. The third kappa shape index (κ3) is 2.01. The Balaban J connectivity index is 2.37. The van der Waals surface area contributed by atoms with E-state index in [1.807, 2.05) is 13.8 Å². The molecule has 15 heavy (non-hydrogen) atoms. The summed E-state index contributed by atoms with van der Waals surface area (Å²) in [6.45, 7) is 3.89. The fourth-order valence-corrected chi connectivity index (χ4v) is 1.12. The van der Waals surface area contributed by atoms with Crippen LogP contribution in [0.2, 0.25) is 0 Å². The fraction of sp³-hybridized carbons (Fsp3) is 0.300. The van der Waals surface area contributed by atoms with Crippen molar-refractivity contribution in [2.75, 3.05) is 0 Å². The third-order valence-corrected chi connectivity index (χ3v) is 1.90. The molecular formula is C10H10FN3O. The average molecular weight is 207 g/mol. The molecule has 2 heterocycles. The van der Waals surface area contributed by atoms with Gasteiger partial charge in [-0.2, -0.15) is 4.98 Å². The zero-order valence-electron chi connectivity index (χ0n) is 8.44. The predicted octanol–water partition coefficient (Wildman–Crippen LogP) is 2.39. The zero-order valence-corrected chi connectivity index (χ0v) is 8.44. The normalized spacial score (nSPS) is 10.9. The van der Waals surface area contributed by atoms with Crippen molar-refractivity contribution in [3.8, 4) is 11.4 Å². The number of hydrogen-bond donors (Lipinski definition) is 0. The van der Waals surface area contributed by atoms with Gasteiger partial charge in [0.1, 0.15) is 5.82 Å². The first-order valence-electron chi connectivity index (χ1n) is 4.61. The monoisotopic (exact) mass is 207 g/mol. The Kier molecular flexibility index (Phi) is 2.45. The van der Waals surface area contributed by atoms with E-state index in [4.69, 9.17) is 4.52 Å². The first kappa shape index (κ1) is 9.76. The molecule has 0 spiro atoms. The van der Waals surface area contributed by atoms with Crippen molar-refractivity contribution >= 4 is 0 Å². The van der Waals surface area contributed by atoms with Crippen LogP contribution in [0.1, 0.15) is 25.7 Å². The van der Waals surface area contributed by atoms with Crippen molar-refractivity contribution in [2.45, 2.75) is 19.8 Å². The van der Waals surface area contributed by atoms with E-state index in [0.717, 1.165) is 6.20 Å². The summed E-state index contributed by atoms with van der Waals surface area (Å²) in [4.78, 5) is 7.85. The lowest BCUT2D eigenvalue weighted by molar-refractivity contribution is 0.365. The minimum absolute atomic E-state index is 0.160. The molecule has 0 aliphatic heterocycles. The van der Waals surface area contributed by atoms with E-state index in [2.05, 4.69) is 15.1 Å². The van der Waals surface area contributed by atoms with Crippen molar-refractivity contribution in [1.29, 1.82) is 0 Å². The highest BCUT2D eigenvalue weighted by Crippen LogP contribution is 2.18. The van der Waals surface area contributed by atoms with Crippen molar-refractivity contribution in [1.82, 2.24) is 15.1 Å². The Morgan fingerprint density at radius 1 is 1.33 bits per heavy atom. The van der Waals surface area contributed by atoms with E-state index < -0.39 is 5.82 Å². The minimum Gasteiger partial charge on any atom is -0.339 e. The van der Waals surface area contributed by atoms with Crippen LogP contribution in [0.15, 0.2) is 23.0 Å². The summed E-state index contributed by atoms with van der Waals surface area (Å²) >= 11 is 0. The standard InChI is InChI=1S/C10H10FN3O/c1-6(2)10-13-9(14-15-10)7-3-8(11)5-12-4-7/h3-6H,1-2H3. The number of nitrogens with zero attached hydrogens (tertiary/aromatic N) is 3. The lowest BCUT2D eigenvalue weighted by Gasteiger charge is -1.93. The zero-order chi connectivity index (χ0) is 10.8. The Morgan fingerprint density at radius 2 is 2.13 bits per heavy atom. The van der Waals surface area contributed by atoms with Crippen LogP contribution in [0.5, 0.6) is 0 Å². The van der Waals surface area contributed by atoms with Gasteiger partial charge >= 0.3 is 0 Å². The Bertz CT molecular complexity index is 467. The molecule has 0 radical (unpaired) electrons. The van der Waals surface area contributed by atoms with Gasteiger partial charge in [-0.05, 0) is 6.07 Å². The van der Waals surface area contributed by atoms with E-state index in [1.165, 1.54) is 12.3 Å². The van der Waals surface area contributed by atoms with Crippen LogP contribution in [0.25, 0.3) is 11.4 Å². The summed E-state index contributed by atoms with van der Waals surface area (Å²) in [6.07, 6.45) is 2.63. The molecule has 2 aromatic rings. The quantitative estimate of drug-likeness (QED) is 0.758. The number of rotatable bonds is 2. The second kappa shape index (κ2) is 3.76. The van der Waals surface area contributed by atoms with Crippen LogP contribution in [0, 0.1) is 5.82 Å². The van der Waals surface area contributed by atoms with E-state index in [0.29, 0.717) is 17.3 Å². The number of pyridine rings is 1. The number of halogens is 1. The van der Waals surface area contributed by atoms with E-state index in [-0.39, 0.29) is 5.92 Å². The molecule has 5 heteroatoms. The van der Waals surface area contributed by atoms with Gasteiger partial charge in [-0.1, -0.05) is 19.0 Å². The summed E-state index contributed by atoms with van der Waals surface area (Å²) in [7, 11) is 0. The SMILES string of the molecule is CC(C)c1nc(-c2cncc(F)c2)no1. The number of aromatic nitrogens is 3. The van der Waals surface area contributed by atoms with Crippen molar-refractivity contribution in [3.05, 3.63) is 30.2 Å². The van der Waals surface area contributed by atoms with Crippen LogP contribution in [0.4, 0.5) is 4.39 Å². The van der Waals surface area contributed by atoms with E-state index in [9.17, 15) is 4.39 Å². The molecule has 4 nitrogen and oxygen atoms in total. The van der Waals surface area contributed by atoms with Crippen molar-refractivity contribution in [3.63, 3.8) is 0 Å². The van der Waals surface area contributed by atoms with Gasteiger partial charge in [-0.3, -0.25) is 4.98 Å². The van der Waals surface area contributed by atoms with Crippen LogP contribution < -0.4 is 0 Å². The lowest BCUT2D eigenvalue weighted by Crippen LogP contribution is -1.88. The van der Waals surface area contributed by atoms with E-state index in [1.54, 1.807) is 0 Å². The Morgan fingerprint density at radius 3 is 2.73 bits per heavy atom. The van der Waals surface area contributed by atoms with Gasteiger partial charge in [0.05, 0.1) is 6.20 Å². The van der Waals surface area contributed by atoms with Gasteiger partial charge < -0.3 is 4.52 Å². The molecule has 2 aromatic heterocycles. The maximum atomic E-state index is 12.9. The van der Waals surface area contributed by atoms with Gasteiger partial charge in [0.25, 0.3) is 0 Å². The second-order valence-electron chi connectivity index (χ2n) is 3.50. The summed E-state index contributed by atoms with van der Waals surface area (Å²) in [5.74, 6) is 0.649. The molecule has 0 N–H and O–H groups in total. The molecule has 0 fully saturated rings. The van der Waals surface area contributed by atoms with Crippen LogP contribution in [0.3, 0.4) is 0 Å². The predicted molar refractivity (Wildman–Crippen MR) is 51.6 cm³/mol. The topological polar surface area (TPSA) is 51.8 Å². The fourth-order valence-electron chi connectivity index (χ4n) is 1.12. The van der Waals surface area contributed by atoms with Gasteiger partial charge in [0, 0.05) is 17.7 Å². The summed E-state index contributed by atoms with van der Waals surface area (Å²) in [6, 6.07) is 1.32. The smallest absolute Gasteiger partial charge is 0.229 e. The minimum atomic E-state index is -0.414. The highest BCUT2D eigenvalue weighted by atomic mass is 19.1. The van der Waals surface area contributed by atoms with E-state index >= 15 is 0 Å². The molecule has 0 amide bonds. The first-order chi connectivity index (χ1) is 7.16. The molecule has 0 saturated carbocycles. The first-order valence-corrected chi connectivity index (χ1v) is 4.61. The van der Waals surface area contributed by atoms with Crippen LogP contribution in [-0.4, -0.2) is 15.1 Å². The lowest BCUT2D eigenvalue weighted by atomic mass is 10.2. The molecular weight excluding hydrogens is 197 g/mol. The molecule has 0 aromatic carbocycles. The molecule has 2 rings (SSSR count). The maximum absolute atomic E-state index is 12.9. The molecule has 0 saturated heterocycles. The van der Waals surface area contributed by atoms with Gasteiger partial charge in [0.2, 0.25) is 11.7 Å². The summed E-state index contributed by atoms with van der Waals surface area (Å²) in [5.41, 5.74) is 0.519. The van der Waals surface area contributed by atoms with Crippen LogP contribution in [-0.2, 0) is 0 Å². The highest BCUT2D eigenvalue weighted by molar-refractivity contribution is 5.52. The van der Waals surface area contributed by atoms with Gasteiger partial charge in [-0.15, -0.1) is 0 Å². The van der Waals surface area contributed by atoms with Gasteiger partial charge in [0.15, 0.2) is 0 Å². The Hall–Kier alpha value is -1.78. The molecule has 0 aliphatic rings. The Labute approximate surface area is 86.2 Å². The number of hydrogen-bond acceptors (Lipinski definition) is 4.